The molecule has 0 radical (unpaired) electrons. The number of hydrogen-bond donors (Lipinski definition) is 1. The van der Waals surface area contributed by atoms with Crippen LogP contribution in [0.15, 0.2) is 45.2 Å². The lowest BCUT2D eigenvalue weighted by Gasteiger charge is -2.34. The minimum Gasteiger partial charge on any atom is -0.496 e. The lowest BCUT2D eigenvalue weighted by molar-refractivity contribution is -0.143. The minimum atomic E-state index is -0.442. The van der Waals surface area contributed by atoms with Gasteiger partial charge in [0.05, 0.1) is 23.3 Å². The fourth-order valence-electron chi connectivity index (χ4n) is 3.73. The van der Waals surface area contributed by atoms with Crippen LogP contribution in [-0.4, -0.2) is 25.0 Å². The van der Waals surface area contributed by atoms with Crippen LogP contribution in [0.25, 0.3) is 0 Å². The fraction of sp³-hybridized carbons (Fsp3) is 0.429. The molecule has 1 heterocycles. The van der Waals surface area contributed by atoms with Crippen molar-refractivity contribution in [3.8, 4) is 5.75 Å². The average molecular weight is 434 g/mol. The number of benzene rings is 1. The van der Waals surface area contributed by atoms with E-state index in [2.05, 4.69) is 21.2 Å². The van der Waals surface area contributed by atoms with Gasteiger partial charge in [0.1, 0.15) is 5.75 Å². The summed E-state index contributed by atoms with van der Waals surface area (Å²) in [5.74, 6) is -0.0497. The van der Waals surface area contributed by atoms with E-state index >= 15 is 0 Å². The normalized spacial score (nSPS) is 19.8. The third-order valence-corrected chi connectivity index (χ3v) is 5.47. The number of rotatable bonds is 4. The van der Waals surface area contributed by atoms with Crippen molar-refractivity contribution in [1.82, 2.24) is 5.32 Å². The highest BCUT2D eigenvalue weighted by molar-refractivity contribution is 9.10. The Bertz CT molecular complexity index is 854. The predicted octanol–water partition coefficient (Wildman–Crippen LogP) is 4.38. The molecule has 144 valence electrons. The Hall–Kier alpha value is -2.08. The summed E-state index contributed by atoms with van der Waals surface area (Å²) in [6, 6.07) is 5.66. The Labute approximate surface area is 167 Å². The monoisotopic (exact) mass is 433 g/mol. The quantitative estimate of drug-likeness (QED) is 0.713. The fourth-order valence-corrected chi connectivity index (χ4v) is 4.29. The Morgan fingerprint density at radius 2 is 2.04 bits per heavy atom. The molecule has 1 aliphatic heterocycles. The first-order valence-electron chi connectivity index (χ1n) is 9.12. The van der Waals surface area contributed by atoms with Crippen LogP contribution in [0.1, 0.15) is 51.5 Å². The predicted molar refractivity (Wildman–Crippen MR) is 106 cm³/mol. The number of carbonyl (C=O) groups is 2. The highest BCUT2D eigenvalue weighted by atomic mass is 79.9. The van der Waals surface area contributed by atoms with Crippen molar-refractivity contribution in [2.24, 2.45) is 0 Å². The van der Waals surface area contributed by atoms with Gasteiger partial charge in [0.25, 0.3) is 0 Å². The van der Waals surface area contributed by atoms with Crippen molar-refractivity contribution < 1.29 is 19.1 Å². The number of esters is 1. The molecule has 1 unspecified atom stereocenters. The van der Waals surface area contributed by atoms with Gasteiger partial charge in [-0.15, -0.1) is 0 Å². The van der Waals surface area contributed by atoms with Gasteiger partial charge in [-0.1, -0.05) is 6.07 Å². The van der Waals surface area contributed by atoms with E-state index in [0.29, 0.717) is 23.3 Å². The van der Waals surface area contributed by atoms with Crippen molar-refractivity contribution in [3.63, 3.8) is 0 Å². The second-order valence-corrected chi connectivity index (χ2v) is 7.97. The SMILES string of the molecule is COc1ccc(C2C(C(=O)OC(C)C)=C(C)NC3=C2C(=O)CCC3)cc1Br. The van der Waals surface area contributed by atoms with E-state index in [4.69, 9.17) is 9.47 Å². The van der Waals surface area contributed by atoms with Crippen LogP contribution in [-0.2, 0) is 14.3 Å². The summed E-state index contributed by atoms with van der Waals surface area (Å²) in [7, 11) is 1.60. The number of halogens is 1. The third kappa shape index (κ3) is 3.81. The Morgan fingerprint density at radius 1 is 1.30 bits per heavy atom. The van der Waals surface area contributed by atoms with Gasteiger partial charge in [0.2, 0.25) is 0 Å². The molecule has 1 atom stereocenters. The van der Waals surface area contributed by atoms with E-state index in [1.165, 1.54) is 0 Å². The van der Waals surface area contributed by atoms with Gasteiger partial charge in [0.15, 0.2) is 5.78 Å². The number of ether oxygens (including phenoxy) is 2. The van der Waals surface area contributed by atoms with Gasteiger partial charge in [-0.05, 0) is 67.2 Å². The standard InChI is InChI=1S/C21H24BrNO4/c1-11(2)27-21(25)18-12(3)23-15-6-5-7-16(24)20(15)19(18)13-8-9-17(26-4)14(22)10-13/h8-11,19,23H,5-7H2,1-4H3. The summed E-state index contributed by atoms with van der Waals surface area (Å²) >= 11 is 3.52. The maximum Gasteiger partial charge on any atom is 0.337 e. The molecule has 0 saturated carbocycles. The Kier molecular flexibility index (Phi) is 5.75. The van der Waals surface area contributed by atoms with Crippen molar-refractivity contribution in [3.05, 3.63) is 50.8 Å². The molecule has 1 N–H and O–H groups in total. The molecule has 27 heavy (non-hydrogen) atoms. The first-order valence-corrected chi connectivity index (χ1v) is 9.91. The number of nitrogens with one attached hydrogen (secondary N) is 1. The smallest absolute Gasteiger partial charge is 0.337 e. The van der Waals surface area contributed by atoms with Crippen LogP contribution in [0.2, 0.25) is 0 Å². The zero-order valence-corrected chi connectivity index (χ0v) is 17.6. The number of carbonyl (C=O) groups excluding carboxylic acids is 2. The lowest BCUT2D eigenvalue weighted by Crippen LogP contribution is -2.34. The molecule has 0 amide bonds. The van der Waals surface area contributed by atoms with Gasteiger partial charge in [-0.3, -0.25) is 4.79 Å². The highest BCUT2D eigenvalue weighted by Crippen LogP contribution is 2.44. The second kappa shape index (κ2) is 7.89. The molecule has 0 bridgehead atoms. The number of allylic oxidation sites excluding steroid dienone is 3. The maximum absolute atomic E-state index is 12.9. The number of Topliss-reactive ketones (excluding diaryl/α,β-unsaturated/α-hetero) is 1. The lowest BCUT2D eigenvalue weighted by atomic mass is 9.75. The molecule has 1 aromatic carbocycles. The topological polar surface area (TPSA) is 64.6 Å². The van der Waals surface area contributed by atoms with E-state index in [-0.39, 0.29) is 11.9 Å². The number of hydrogen-bond acceptors (Lipinski definition) is 5. The van der Waals surface area contributed by atoms with E-state index in [1.54, 1.807) is 7.11 Å². The molecule has 0 spiro atoms. The summed E-state index contributed by atoms with van der Waals surface area (Å²) in [6.07, 6.45) is 1.89. The largest absolute Gasteiger partial charge is 0.496 e. The summed E-state index contributed by atoms with van der Waals surface area (Å²) in [5, 5.41) is 3.29. The van der Waals surface area contributed by atoms with Crippen LogP contribution in [0.3, 0.4) is 0 Å². The van der Waals surface area contributed by atoms with Gasteiger partial charge in [-0.25, -0.2) is 4.79 Å². The van der Waals surface area contributed by atoms with Crippen molar-refractivity contribution >= 4 is 27.7 Å². The van der Waals surface area contributed by atoms with Crippen LogP contribution in [0.4, 0.5) is 0 Å². The minimum absolute atomic E-state index is 0.0861. The Balaban J connectivity index is 2.16. The molecule has 3 rings (SSSR count). The van der Waals surface area contributed by atoms with Crippen LogP contribution < -0.4 is 10.1 Å². The molecule has 5 nitrogen and oxygen atoms in total. The molecular weight excluding hydrogens is 410 g/mol. The van der Waals surface area contributed by atoms with Crippen molar-refractivity contribution in [1.29, 1.82) is 0 Å². The number of methoxy groups -OCH3 is 1. The van der Waals surface area contributed by atoms with E-state index in [0.717, 1.165) is 34.3 Å². The third-order valence-electron chi connectivity index (χ3n) is 4.85. The van der Waals surface area contributed by atoms with E-state index in [1.807, 2.05) is 39.0 Å². The maximum atomic E-state index is 12.9. The van der Waals surface area contributed by atoms with Gasteiger partial charge < -0.3 is 14.8 Å². The van der Waals surface area contributed by atoms with E-state index in [9.17, 15) is 9.59 Å². The molecule has 0 saturated heterocycles. The summed E-state index contributed by atoms with van der Waals surface area (Å²) in [6.45, 7) is 5.50. The van der Waals surface area contributed by atoms with Gasteiger partial charge >= 0.3 is 5.97 Å². The van der Waals surface area contributed by atoms with Crippen molar-refractivity contribution in [2.75, 3.05) is 7.11 Å². The van der Waals surface area contributed by atoms with E-state index < -0.39 is 11.9 Å². The van der Waals surface area contributed by atoms with Gasteiger partial charge in [-0.2, -0.15) is 0 Å². The summed E-state index contributed by atoms with van der Waals surface area (Å²) in [4.78, 5) is 25.7. The average Bonchev–Trinajstić information content (AvgIpc) is 2.60. The summed E-state index contributed by atoms with van der Waals surface area (Å²) in [5.41, 5.74) is 3.70. The molecule has 1 aromatic rings. The summed E-state index contributed by atoms with van der Waals surface area (Å²) < 4.78 is 11.6. The highest BCUT2D eigenvalue weighted by Gasteiger charge is 2.39. The molecule has 2 aliphatic rings. The molecule has 1 aliphatic carbocycles. The number of ketones is 1. The second-order valence-electron chi connectivity index (χ2n) is 7.11. The molecule has 6 heteroatoms. The molecule has 0 aromatic heterocycles. The van der Waals surface area contributed by atoms with Crippen molar-refractivity contribution in [2.45, 2.75) is 52.1 Å². The zero-order valence-electron chi connectivity index (χ0n) is 16.0. The first kappa shape index (κ1) is 19.7. The molecular formula is C21H24BrNO4. The molecule has 0 fully saturated rings. The van der Waals surface area contributed by atoms with Gasteiger partial charge in [0, 0.05) is 29.3 Å². The Morgan fingerprint density at radius 3 is 2.67 bits per heavy atom. The zero-order chi connectivity index (χ0) is 19.7. The first-order chi connectivity index (χ1) is 12.8. The van der Waals surface area contributed by atoms with Crippen LogP contribution >= 0.6 is 15.9 Å². The number of dihydropyridines is 1. The van der Waals surface area contributed by atoms with Crippen LogP contribution in [0, 0.1) is 0 Å². The van der Waals surface area contributed by atoms with Crippen LogP contribution in [0.5, 0.6) is 5.75 Å².